The van der Waals surface area contributed by atoms with Crippen LogP contribution in [0.1, 0.15) is 11.5 Å². The first-order valence-electron chi connectivity index (χ1n) is 4.24. The fourth-order valence-electron chi connectivity index (χ4n) is 1.53. The van der Waals surface area contributed by atoms with Gasteiger partial charge in [-0.3, -0.25) is 14.9 Å². The van der Waals surface area contributed by atoms with Crippen LogP contribution in [-0.4, -0.2) is 17.2 Å². The Hall–Kier alpha value is -1.35. The topological polar surface area (TPSA) is 46.2 Å². The summed E-state index contributed by atoms with van der Waals surface area (Å²) in [6.45, 7) is 0. The molecule has 1 aliphatic rings. The molecule has 1 aliphatic heterocycles. The minimum Gasteiger partial charge on any atom is -0.295 e. The fourth-order valence-corrected chi connectivity index (χ4v) is 1.85. The molecule has 2 amide bonds. The quantitative estimate of drug-likeness (QED) is 0.555. The van der Waals surface area contributed by atoms with E-state index in [1.165, 1.54) is 0 Å². The molecule has 0 saturated carbocycles. The first-order chi connectivity index (χ1) is 6.70. The lowest BCUT2D eigenvalue weighted by molar-refractivity contribution is -0.125. The second kappa shape index (κ2) is 3.42. The number of halogens is 1. The van der Waals surface area contributed by atoms with Crippen molar-refractivity contribution < 1.29 is 9.59 Å². The van der Waals surface area contributed by atoms with Crippen LogP contribution in [0.3, 0.4) is 0 Å². The summed E-state index contributed by atoms with van der Waals surface area (Å²) in [6, 6.07) is 9.06. The molecule has 1 fully saturated rings. The molecule has 2 rings (SSSR count). The lowest BCUT2D eigenvalue weighted by Gasteiger charge is -2.08. The molecule has 0 bridgehead atoms. The maximum Gasteiger partial charge on any atom is 0.245 e. The summed E-state index contributed by atoms with van der Waals surface area (Å²) in [5.41, 5.74) is 0.774. The van der Waals surface area contributed by atoms with Crippen molar-refractivity contribution in [1.29, 1.82) is 0 Å². The summed E-state index contributed by atoms with van der Waals surface area (Å²) in [6.07, 6.45) is 0. The van der Waals surface area contributed by atoms with Gasteiger partial charge in [-0.2, -0.15) is 0 Å². The van der Waals surface area contributed by atoms with Gasteiger partial charge in [0.15, 0.2) is 0 Å². The lowest BCUT2D eigenvalue weighted by atomic mass is 9.97. The van der Waals surface area contributed by atoms with Crippen molar-refractivity contribution in [3.8, 4) is 0 Å². The van der Waals surface area contributed by atoms with Gasteiger partial charge in [-0.05, 0) is 5.56 Å². The molecular formula is C10H8ClNO2. The van der Waals surface area contributed by atoms with Gasteiger partial charge in [0.2, 0.25) is 11.8 Å². The SMILES string of the molecule is O=C1NC(=O)[C@H](c2ccccc2)[C@@H]1Cl. The van der Waals surface area contributed by atoms with Crippen LogP contribution in [0.15, 0.2) is 30.3 Å². The van der Waals surface area contributed by atoms with E-state index in [-0.39, 0.29) is 5.91 Å². The minimum absolute atomic E-state index is 0.318. The number of alkyl halides is 1. The van der Waals surface area contributed by atoms with Crippen molar-refractivity contribution in [3.63, 3.8) is 0 Å². The first-order valence-corrected chi connectivity index (χ1v) is 4.67. The molecule has 0 aromatic heterocycles. The summed E-state index contributed by atoms with van der Waals surface area (Å²) >= 11 is 5.83. The van der Waals surface area contributed by atoms with Crippen LogP contribution in [-0.2, 0) is 9.59 Å². The Balaban J connectivity index is 2.36. The number of carbonyl (C=O) groups is 2. The van der Waals surface area contributed by atoms with Crippen LogP contribution >= 0.6 is 11.6 Å². The number of hydrogen-bond donors (Lipinski definition) is 1. The van der Waals surface area contributed by atoms with E-state index in [4.69, 9.17) is 11.6 Å². The Morgan fingerprint density at radius 1 is 1.07 bits per heavy atom. The fraction of sp³-hybridized carbons (Fsp3) is 0.200. The van der Waals surface area contributed by atoms with Crippen molar-refractivity contribution in [3.05, 3.63) is 35.9 Å². The van der Waals surface area contributed by atoms with Crippen molar-refractivity contribution >= 4 is 23.4 Å². The summed E-state index contributed by atoms with van der Waals surface area (Å²) in [5.74, 6) is -1.28. The highest BCUT2D eigenvalue weighted by molar-refractivity contribution is 6.37. The third-order valence-corrected chi connectivity index (χ3v) is 2.68. The van der Waals surface area contributed by atoms with Gasteiger partial charge in [-0.15, -0.1) is 11.6 Å². The van der Waals surface area contributed by atoms with Crippen molar-refractivity contribution in [2.24, 2.45) is 0 Å². The van der Waals surface area contributed by atoms with Gasteiger partial charge in [-0.25, -0.2) is 0 Å². The molecule has 0 spiro atoms. The highest BCUT2D eigenvalue weighted by atomic mass is 35.5. The molecule has 2 atom stereocenters. The van der Waals surface area contributed by atoms with Crippen LogP contribution in [0.5, 0.6) is 0 Å². The Morgan fingerprint density at radius 3 is 2.21 bits per heavy atom. The average Bonchev–Trinajstić information content (AvgIpc) is 2.43. The summed E-state index contributed by atoms with van der Waals surface area (Å²) in [4.78, 5) is 22.5. The van der Waals surface area contributed by atoms with Gasteiger partial charge in [-0.1, -0.05) is 30.3 Å². The molecule has 0 radical (unpaired) electrons. The van der Waals surface area contributed by atoms with E-state index in [9.17, 15) is 9.59 Å². The van der Waals surface area contributed by atoms with E-state index in [0.717, 1.165) is 5.56 Å². The molecule has 1 N–H and O–H groups in total. The molecule has 1 aromatic rings. The Morgan fingerprint density at radius 2 is 1.71 bits per heavy atom. The zero-order valence-corrected chi connectivity index (χ0v) is 7.99. The van der Waals surface area contributed by atoms with E-state index in [2.05, 4.69) is 5.32 Å². The van der Waals surface area contributed by atoms with Crippen LogP contribution < -0.4 is 5.32 Å². The van der Waals surface area contributed by atoms with Gasteiger partial charge < -0.3 is 0 Å². The number of imide groups is 1. The number of benzene rings is 1. The predicted octanol–water partition coefficient (Wildman–Crippen LogP) is 1.03. The Kier molecular flexibility index (Phi) is 2.25. The summed E-state index contributed by atoms with van der Waals surface area (Å²) in [7, 11) is 0. The van der Waals surface area contributed by atoms with Crippen LogP contribution in [0.25, 0.3) is 0 Å². The van der Waals surface area contributed by atoms with Gasteiger partial charge in [0.1, 0.15) is 5.38 Å². The molecular weight excluding hydrogens is 202 g/mol. The molecule has 4 heteroatoms. The maximum atomic E-state index is 11.4. The van der Waals surface area contributed by atoms with E-state index in [1.54, 1.807) is 12.1 Å². The normalized spacial score (nSPS) is 26.4. The number of rotatable bonds is 1. The Labute approximate surface area is 86.1 Å². The second-order valence-electron chi connectivity index (χ2n) is 3.14. The standard InChI is InChI=1S/C10H8ClNO2/c11-8-7(9(13)12-10(8)14)6-4-2-1-3-5-6/h1-5,7-8H,(H,12,13,14)/t7-,8+/m1/s1. The molecule has 1 heterocycles. The predicted molar refractivity (Wildman–Crippen MR) is 52.0 cm³/mol. The van der Waals surface area contributed by atoms with Gasteiger partial charge >= 0.3 is 0 Å². The van der Waals surface area contributed by atoms with E-state index < -0.39 is 17.2 Å². The number of nitrogens with one attached hydrogen (secondary N) is 1. The number of hydrogen-bond acceptors (Lipinski definition) is 2. The second-order valence-corrected chi connectivity index (χ2v) is 3.61. The third-order valence-electron chi connectivity index (χ3n) is 2.23. The van der Waals surface area contributed by atoms with Gasteiger partial charge in [0.05, 0.1) is 5.92 Å². The van der Waals surface area contributed by atoms with Gasteiger partial charge in [0.25, 0.3) is 0 Å². The summed E-state index contributed by atoms with van der Waals surface area (Å²) < 4.78 is 0. The molecule has 0 aliphatic carbocycles. The van der Waals surface area contributed by atoms with Crippen LogP contribution in [0.2, 0.25) is 0 Å². The molecule has 14 heavy (non-hydrogen) atoms. The van der Waals surface area contributed by atoms with Gasteiger partial charge in [0, 0.05) is 0 Å². The molecule has 1 saturated heterocycles. The van der Waals surface area contributed by atoms with Crippen LogP contribution in [0.4, 0.5) is 0 Å². The number of carbonyl (C=O) groups excluding carboxylic acids is 2. The van der Waals surface area contributed by atoms with Crippen molar-refractivity contribution in [2.75, 3.05) is 0 Å². The first kappa shape index (κ1) is 9.21. The van der Waals surface area contributed by atoms with Crippen molar-refractivity contribution in [1.82, 2.24) is 5.32 Å². The lowest BCUT2D eigenvalue weighted by Crippen LogP contribution is -2.22. The summed E-state index contributed by atoms with van der Waals surface area (Å²) in [5, 5.41) is 1.42. The van der Waals surface area contributed by atoms with E-state index >= 15 is 0 Å². The molecule has 1 aromatic carbocycles. The molecule has 72 valence electrons. The molecule has 3 nitrogen and oxygen atoms in total. The van der Waals surface area contributed by atoms with E-state index in [1.807, 2.05) is 18.2 Å². The number of amides is 2. The van der Waals surface area contributed by atoms with E-state index in [0.29, 0.717) is 0 Å². The van der Waals surface area contributed by atoms with Crippen LogP contribution in [0, 0.1) is 0 Å². The monoisotopic (exact) mass is 209 g/mol. The largest absolute Gasteiger partial charge is 0.295 e. The molecule has 0 unspecified atom stereocenters. The zero-order valence-electron chi connectivity index (χ0n) is 7.24. The minimum atomic E-state index is -0.787. The smallest absolute Gasteiger partial charge is 0.245 e. The zero-order chi connectivity index (χ0) is 10.1. The maximum absolute atomic E-state index is 11.4. The average molecular weight is 210 g/mol. The van der Waals surface area contributed by atoms with Crippen molar-refractivity contribution in [2.45, 2.75) is 11.3 Å². The Bertz CT molecular complexity index is 377. The highest BCUT2D eigenvalue weighted by Gasteiger charge is 2.41. The highest BCUT2D eigenvalue weighted by Crippen LogP contribution is 2.28. The third kappa shape index (κ3) is 1.40.